The van der Waals surface area contributed by atoms with E-state index in [4.69, 9.17) is 0 Å². The Morgan fingerprint density at radius 1 is 1.19 bits per heavy atom. The highest BCUT2D eigenvalue weighted by atomic mass is 16.2. The lowest BCUT2D eigenvalue weighted by atomic mass is 9.72. The quantitative estimate of drug-likeness (QED) is 0.781. The minimum Gasteiger partial charge on any atom is -0.342 e. The van der Waals surface area contributed by atoms with Gasteiger partial charge < -0.3 is 9.80 Å². The molecule has 2 saturated heterocycles. The van der Waals surface area contributed by atoms with Gasteiger partial charge in [0.15, 0.2) is 0 Å². The van der Waals surface area contributed by atoms with Gasteiger partial charge in [-0.15, -0.1) is 6.58 Å². The standard InChI is InChI=1S/C22H28N2O2/c1-2-12-24-16-22(9-8-20(24)25)10-13-23(14-11-22)21(26)19-15-18(19)17-6-4-3-5-7-17/h2-7,18-19H,1,8-16H2/t18-,19+/m0/s1. The van der Waals surface area contributed by atoms with Gasteiger partial charge in [-0.05, 0) is 42.6 Å². The predicted molar refractivity (Wildman–Crippen MR) is 102 cm³/mol. The molecule has 1 aromatic carbocycles. The molecule has 0 radical (unpaired) electrons. The summed E-state index contributed by atoms with van der Waals surface area (Å²) in [5.41, 5.74) is 1.50. The lowest BCUT2D eigenvalue weighted by Gasteiger charge is -2.47. The van der Waals surface area contributed by atoms with E-state index < -0.39 is 0 Å². The molecule has 1 spiro atoms. The molecule has 2 atom stereocenters. The Bertz CT molecular complexity index is 691. The molecule has 0 bridgehead atoms. The molecule has 0 N–H and O–H groups in total. The molecule has 2 amide bonds. The molecular formula is C22H28N2O2. The van der Waals surface area contributed by atoms with Crippen LogP contribution in [-0.4, -0.2) is 47.8 Å². The van der Waals surface area contributed by atoms with Gasteiger partial charge in [0.05, 0.1) is 0 Å². The number of carbonyl (C=O) groups is 2. The molecule has 0 unspecified atom stereocenters. The molecule has 4 nitrogen and oxygen atoms in total. The molecule has 3 fully saturated rings. The average molecular weight is 352 g/mol. The van der Waals surface area contributed by atoms with Crippen molar-refractivity contribution < 1.29 is 9.59 Å². The Hall–Kier alpha value is -2.10. The van der Waals surface area contributed by atoms with Crippen molar-refractivity contribution in [1.82, 2.24) is 9.80 Å². The van der Waals surface area contributed by atoms with Crippen LogP contribution in [0.4, 0.5) is 0 Å². The number of amides is 2. The van der Waals surface area contributed by atoms with Crippen LogP contribution in [0.5, 0.6) is 0 Å². The maximum atomic E-state index is 12.9. The molecule has 1 aromatic rings. The maximum absolute atomic E-state index is 12.9. The van der Waals surface area contributed by atoms with Crippen molar-refractivity contribution in [2.24, 2.45) is 11.3 Å². The second-order valence-electron chi connectivity index (χ2n) is 8.25. The van der Waals surface area contributed by atoms with Crippen molar-refractivity contribution in [2.75, 3.05) is 26.2 Å². The van der Waals surface area contributed by atoms with Crippen LogP contribution >= 0.6 is 0 Å². The summed E-state index contributed by atoms with van der Waals surface area (Å²) in [7, 11) is 0. The van der Waals surface area contributed by atoms with Gasteiger partial charge in [-0.25, -0.2) is 0 Å². The van der Waals surface area contributed by atoms with E-state index in [1.165, 1.54) is 5.56 Å². The summed E-state index contributed by atoms with van der Waals surface area (Å²) in [4.78, 5) is 29.0. The summed E-state index contributed by atoms with van der Waals surface area (Å²) in [6.45, 7) is 6.92. The van der Waals surface area contributed by atoms with Crippen LogP contribution in [0, 0.1) is 11.3 Å². The number of piperidine rings is 2. The number of nitrogens with zero attached hydrogens (tertiary/aromatic N) is 2. The largest absolute Gasteiger partial charge is 0.342 e. The van der Waals surface area contributed by atoms with Crippen molar-refractivity contribution in [2.45, 2.75) is 38.0 Å². The van der Waals surface area contributed by atoms with Crippen molar-refractivity contribution >= 4 is 11.8 Å². The van der Waals surface area contributed by atoms with Gasteiger partial charge in [0, 0.05) is 38.5 Å². The normalized spacial score (nSPS) is 27.5. The van der Waals surface area contributed by atoms with E-state index in [1.54, 1.807) is 0 Å². The molecule has 2 heterocycles. The maximum Gasteiger partial charge on any atom is 0.226 e. The first-order chi connectivity index (χ1) is 12.6. The van der Waals surface area contributed by atoms with Gasteiger partial charge in [-0.1, -0.05) is 36.4 Å². The van der Waals surface area contributed by atoms with Crippen molar-refractivity contribution in [3.05, 3.63) is 48.6 Å². The number of benzene rings is 1. The molecule has 1 aliphatic carbocycles. The van der Waals surface area contributed by atoms with E-state index >= 15 is 0 Å². The topological polar surface area (TPSA) is 40.6 Å². The highest BCUT2D eigenvalue weighted by Crippen LogP contribution is 2.49. The van der Waals surface area contributed by atoms with Gasteiger partial charge in [0.25, 0.3) is 0 Å². The van der Waals surface area contributed by atoms with E-state index in [-0.39, 0.29) is 17.2 Å². The Balaban J connectivity index is 1.33. The van der Waals surface area contributed by atoms with Crippen LogP contribution < -0.4 is 0 Å². The van der Waals surface area contributed by atoms with E-state index in [2.05, 4.69) is 35.7 Å². The third-order valence-corrected chi connectivity index (χ3v) is 6.57. The molecule has 2 aliphatic heterocycles. The SMILES string of the molecule is C=CCN1CC2(CCC1=O)CCN(C(=O)[C@@H]1C[C@H]1c1ccccc1)CC2. The highest BCUT2D eigenvalue weighted by Gasteiger charge is 2.48. The van der Waals surface area contributed by atoms with Crippen molar-refractivity contribution in [3.8, 4) is 0 Å². The zero-order valence-corrected chi connectivity index (χ0v) is 15.4. The minimum atomic E-state index is 0.177. The number of rotatable bonds is 4. The zero-order chi connectivity index (χ0) is 18.1. The first kappa shape index (κ1) is 17.3. The lowest BCUT2D eigenvalue weighted by Crippen LogP contribution is -2.52. The third-order valence-electron chi connectivity index (χ3n) is 6.57. The van der Waals surface area contributed by atoms with Gasteiger partial charge in [0.1, 0.15) is 0 Å². The van der Waals surface area contributed by atoms with E-state index in [0.717, 1.165) is 45.3 Å². The number of hydrogen-bond donors (Lipinski definition) is 0. The smallest absolute Gasteiger partial charge is 0.226 e. The summed E-state index contributed by atoms with van der Waals surface area (Å²) < 4.78 is 0. The molecule has 1 saturated carbocycles. The van der Waals surface area contributed by atoms with Crippen LogP contribution in [-0.2, 0) is 9.59 Å². The summed E-state index contributed by atoms with van der Waals surface area (Å²) in [5.74, 6) is 1.17. The lowest BCUT2D eigenvalue weighted by molar-refractivity contribution is -0.142. The molecule has 4 heteroatoms. The minimum absolute atomic E-state index is 0.177. The Morgan fingerprint density at radius 3 is 2.62 bits per heavy atom. The summed E-state index contributed by atoms with van der Waals surface area (Å²) in [5, 5.41) is 0. The first-order valence-corrected chi connectivity index (χ1v) is 9.84. The van der Waals surface area contributed by atoms with E-state index in [0.29, 0.717) is 24.8 Å². The average Bonchev–Trinajstić information content (AvgIpc) is 3.47. The fraction of sp³-hybridized carbons (Fsp3) is 0.545. The molecule has 26 heavy (non-hydrogen) atoms. The molecule has 0 aromatic heterocycles. The fourth-order valence-electron chi connectivity index (χ4n) is 4.81. The van der Waals surface area contributed by atoms with E-state index in [9.17, 15) is 9.59 Å². The van der Waals surface area contributed by atoms with Crippen molar-refractivity contribution in [3.63, 3.8) is 0 Å². The summed E-state index contributed by atoms with van der Waals surface area (Å²) in [6.07, 6.45) is 6.45. The highest BCUT2D eigenvalue weighted by molar-refractivity contribution is 5.83. The Labute approximate surface area is 155 Å². The monoisotopic (exact) mass is 352 g/mol. The van der Waals surface area contributed by atoms with Gasteiger partial charge in [-0.2, -0.15) is 0 Å². The fourth-order valence-corrected chi connectivity index (χ4v) is 4.81. The van der Waals surface area contributed by atoms with Crippen LogP contribution in [0.25, 0.3) is 0 Å². The molecular weight excluding hydrogens is 324 g/mol. The molecule has 3 aliphatic rings. The second kappa shape index (κ2) is 6.90. The summed E-state index contributed by atoms with van der Waals surface area (Å²) >= 11 is 0. The Morgan fingerprint density at radius 2 is 1.92 bits per heavy atom. The summed E-state index contributed by atoms with van der Waals surface area (Å²) in [6, 6.07) is 10.4. The van der Waals surface area contributed by atoms with Crippen LogP contribution in [0.2, 0.25) is 0 Å². The third kappa shape index (κ3) is 3.29. The predicted octanol–water partition coefficient (Wildman–Crippen LogP) is 3.21. The van der Waals surface area contributed by atoms with Crippen molar-refractivity contribution in [1.29, 1.82) is 0 Å². The zero-order valence-electron chi connectivity index (χ0n) is 15.4. The second-order valence-corrected chi connectivity index (χ2v) is 8.25. The first-order valence-electron chi connectivity index (χ1n) is 9.84. The van der Waals surface area contributed by atoms with Gasteiger partial charge in [0.2, 0.25) is 11.8 Å². The van der Waals surface area contributed by atoms with Gasteiger partial charge >= 0.3 is 0 Å². The molecule has 138 valence electrons. The number of hydrogen-bond acceptors (Lipinski definition) is 2. The van der Waals surface area contributed by atoms with E-state index in [1.807, 2.05) is 17.0 Å². The Kier molecular flexibility index (Phi) is 4.60. The van der Waals surface area contributed by atoms with Gasteiger partial charge in [-0.3, -0.25) is 9.59 Å². The van der Waals surface area contributed by atoms with Crippen LogP contribution in [0.3, 0.4) is 0 Å². The number of carbonyl (C=O) groups excluding carboxylic acids is 2. The van der Waals surface area contributed by atoms with Crippen LogP contribution in [0.15, 0.2) is 43.0 Å². The number of likely N-dealkylation sites (tertiary alicyclic amines) is 2. The molecule has 4 rings (SSSR count). The van der Waals surface area contributed by atoms with Crippen LogP contribution in [0.1, 0.15) is 43.6 Å².